The van der Waals surface area contributed by atoms with Crippen LogP contribution in [-0.4, -0.2) is 36.1 Å². The molecule has 4 nitrogen and oxygen atoms in total. The molecule has 2 aliphatic rings. The molecule has 0 bridgehead atoms. The number of carbonyl (C=O) groups excluding carboxylic acids is 1. The van der Waals surface area contributed by atoms with Crippen molar-refractivity contribution in [2.45, 2.75) is 38.8 Å². The van der Waals surface area contributed by atoms with Gasteiger partial charge in [0.05, 0.1) is 6.04 Å². The summed E-state index contributed by atoms with van der Waals surface area (Å²) in [5.74, 6) is 0.788. The van der Waals surface area contributed by atoms with E-state index in [2.05, 4.69) is 24.6 Å². The van der Waals surface area contributed by atoms with Crippen molar-refractivity contribution in [2.24, 2.45) is 5.92 Å². The lowest BCUT2D eigenvalue weighted by Gasteiger charge is -2.25. The van der Waals surface area contributed by atoms with Crippen LogP contribution in [0.2, 0.25) is 0 Å². The first-order valence-electron chi connectivity index (χ1n) is 5.47. The molecule has 2 aliphatic heterocycles. The van der Waals surface area contributed by atoms with Crippen LogP contribution < -0.4 is 10.7 Å². The first-order valence-corrected chi connectivity index (χ1v) is 5.47. The molecule has 2 rings (SSSR count). The third kappa shape index (κ3) is 1.77. The lowest BCUT2D eigenvalue weighted by Crippen LogP contribution is -2.47. The smallest absolute Gasteiger partial charge is 0.238 e. The number of carbonyl (C=O) groups is 1. The number of amides is 1. The number of hydrogen-bond donors (Lipinski definition) is 2. The van der Waals surface area contributed by atoms with E-state index in [1.54, 1.807) is 0 Å². The Morgan fingerprint density at radius 1 is 1.50 bits per heavy atom. The van der Waals surface area contributed by atoms with Crippen molar-refractivity contribution in [1.29, 1.82) is 0 Å². The number of hydrazine groups is 1. The van der Waals surface area contributed by atoms with E-state index in [0.717, 1.165) is 19.5 Å². The quantitative estimate of drug-likeness (QED) is 0.660. The standard InChI is InChI=1S/C10H19N3O/c1-7(2)9-5-10(14)13(12-9)8-3-4-11-6-8/h7-9,11-12H,3-6H2,1-2H3. The van der Waals surface area contributed by atoms with E-state index in [1.165, 1.54) is 0 Å². The topological polar surface area (TPSA) is 44.4 Å². The monoisotopic (exact) mass is 197 g/mol. The summed E-state index contributed by atoms with van der Waals surface area (Å²) in [5, 5.41) is 5.13. The summed E-state index contributed by atoms with van der Waals surface area (Å²) in [6.07, 6.45) is 1.73. The van der Waals surface area contributed by atoms with Gasteiger partial charge < -0.3 is 5.32 Å². The molecule has 0 spiro atoms. The number of nitrogens with zero attached hydrogens (tertiary/aromatic N) is 1. The van der Waals surface area contributed by atoms with Gasteiger partial charge in [-0.05, 0) is 18.9 Å². The first-order chi connectivity index (χ1) is 6.68. The van der Waals surface area contributed by atoms with Crippen LogP contribution in [0, 0.1) is 5.92 Å². The lowest BCUT2D eigenvalue weighted by atomic mass is 10.0. The zero-order valence-corrected chi connectivity index (χ0v) is 8.92. The summed E-state index contributed by atoms with van der Waals surface area (Å²) in [4.78, 5) is 11.7. The molecule has 0 aromatic carbocycles. The van der Waals surface area contributed by atoms with Crippen molar-refractivity contribution < 1.29 is 4.79 Å². The van der Waals surface area contributed by atoms with Crippen LogP contribution in [0.25, 0.3) is 0 Å². The van der Waals surface area contributed by atoms with Crippen LogP contribution in [0.3, 0.4) is 0 Å². The minimum Gasteiger partial charge on any atom is -0.315 e. The molecule has 80 valence electrons. The molecule has 2 N–H and O–H groups in total. The molecule has 14 heavy (non-hydrogen) atoms. The Labute approximate surface area is 85.0 Å². The van der Waals surface area contributed by atoms with Gasteiger partial charge in [0, 0.05) is 19.0 Å². The van der Waals surface area contributed by atoms with E-state index >= 15 is 0 Å². The van der Waals surface area contributed by atoms with Crippen molar-refractivity contribution in [3.63, 3.8) is 0 Å². The molecule has 0 saturated carbocycles. The number of nitrogens with one attached hydrogen (secondary N) is 2. The Morgan fingerprint density at radius 2 is 2.29 bits per heavy atom. The van der Waals surface area contributed by atoms with Crippen LogP contribution in [0.5, 0.6) is 0 Å². The minimum absolute atomic E-state index is 0.261. The summed E-state index contributed by atoms with van der Waals surface area (Å²) >= 11 is 0. The van der Waals surface area contributed by atoms with Gasteiger partial charge in [0.1, 0.15) is 0 Å². The fourth-order valence-corrected chi connectivity index (χ4v) is 2.14. The second kappa shape index (κ2) is 3.87. The second-order valence-electron chi connectivity index (χ2n) is 4.59. The maximum Gasteiger partial charge on any atom is 0.238 e. The summed E-state index contributed by atoms with van der Waals surface area (Å²) < 4.78 is 0. The molecule has 0 aromatic heterocycles. The maximum atomic E-state index is 11.7. The Bertz CT molecular complexity index is 223. The van der Waals surface area contributed by atoms with E-state index in [-0.39, 0.29) is 5.91 Å². The summed E-state index contributed by atoms with van der Waals surface area (Å²) in [7, 11) is 0. The molecule has 2 fully saturated rings. The molecular weight excluding hydrogens is 178 g/mol. The maximum absolute atomic E-state index is 11.7. The Balaban J connectivity index is 1.96. The van der Waals surface area contributed by atoms with E-state index in [4.69, 9.17) is 0 Å². The molecule has 0 aromatic rings. The van der Waals surface area contributed by atoms with Gasteiger partial charge in [-0.3, -0.25) is 9.80 Å². The van der Waals surface area contributed by atoms with Gasteiger partial charge in [-0.15, -0.1) is 0 Å². The SMILES string of the molecule is CC(C)C1CC(=O)N(C2CCNC2)N1. The molecule has 2 heterocycles. The van der Waals surface area contributed by atoms with Crippen LogP contribution in [-0.2, 0) is 4.79 Å². The van der Waals surface area contributed by atoms with Crippen LogP contribution in [0.1, 0.15) is 26.7 Å². The van der Waals surface area contributed by atoms with Crippen molar-refractivity contribution in [1.82, 2.24) is 15.8 Å². The number of hydrogen-bond acceptors (Lipinski definition) is 3. The molecule has 4 heteroatoms. The van der Waals surface area contributed by atoms with Crippen molar-refractivity contribution >= 4 is 5.91 Å². The highest BCUT2D eigenvalue weighted by Crippen LogP contribution is 2.19. The zero-order valence-electron chi connectivity index (χ0n) is 8.92. The first kappa shape index (κ1) is 9.93. The van der Waals surface area contributed by atoms with Gasteiger partial charge in [-0.25, -0.2) is 5.43 Å². The second-order valence-corrected chi connectivity index (χ2v) is 4.59. The predicted octanol–water partition coefficient (Wildman–Crippen LogP) is 0.110. The van der Waals surface area contributed by atoms with Crippen LogP contribution in [0.4, 0.5) is 0 Å². The summed E-state index contributed by atoms with van der Waals surface area (Å²) in [6.45, 7) is 6.27. The third-order valence-corrected chi connectivity index (χ3v) is 3.17. The average molecular weight is 197 g/mol. The Kier molecular flexibility index (Phi) is 2.74. The van der Waals surface area contributed by atoms with Gasteiger partial charge in [0.2, 0.25) is 5.91 Å². The molecule has 2 atom stereocenters. The van der Waals surface area contributed by atoms with E-state index in [9.17, 15) is 4.79 Å². The van der Waals surface area contributed by atoms with Crippen LogP contribution in [0.15, 0.2) is 0 Å². The van der Waals surface area contributed by atoms with E-state index in [1.807, 2.05) is 5.01 Å². The van der Waals surface area contributed by atoms with E-state index in [0.29, 0.717) is 24.4 Å². The fraction of sp³-hybridized carbons (Fsp3) is 0.900. The van der Waals surface area contributed by atoms with Gasteiger partial charge >= 0.3 is 0 Å². The molecule has 2 saturated heterocycles. The lowest BCUT2D eigenvalue weighted by molar-refractivity contribution is -0.131. The Morgan fingerprint density at radius 3 is 2.79 bits per heavy atom. The normalized spacial score (nSPS) is 33.4. The molecule has 0 aliphatic carbocycles. The summed E-state index contributed by atoms with van der Waals surface area (Å²) in [5.41, 5.74) is 3.33. The molecule has 2 unspecified atom stereocenters. The van der Waals surface area contributed by atoms with Gasteiger partial charge in [0.15, 0.2) is 0 Å². The Hall–Kier alpha value is -0.610. The average Bonchev–Trinajstić information content (AvgIpc) is 2.71. The third-order valence-electron chi connectivity index (χ3n) is 3.17. The van der Waals surface area contributed by atoms with Crippen molar-refractivity contribution in [2.75, 3.05) is 13.1 Å². The van der Waals surface area contributed by atoms with Crippen molar-refractivity contribution in [3.05, 3.63) is 0 Å². The minimum atomic E-state index is 0.261. The van der Waals surface area contributed by atoms with Gasteiger partial charge in [-0.2, -0.15) is 0 Å². The van der Waals surface area contributed by atoms with Crippen LogP contribution >= 0.6 is 0 Å². The fourth-order valence-electron chi connectivity index (χ4n) is 2.14. The molecule has 1 amide bonds. The zero-order chi connectivity index (χ0) is 10.1. The van der Waals surface area contributed by atoms with E-state index < -0.39 is 0 Å². The molecular formula is C10H19N3O. The van der Waals surface area contributed by atoms with Crippen molar-refractivity contribution in [3.8, 4) is 0 Å². The largest absolute Gasteiger partial charge is 0.315 e. The predicted molar refractivity (Wildman–Crippen MR) is 54.5 cm³/mol. The highest BCUT2D eigenvalue weighted by atomic mass is 16.2. The van der Waals surface area contributed by atoms with Gasteiger partial charge in [-0.1, -0.05) is 13.8 Å². The highest BCUT2D eigenvalue weighted by molar-refractivity contribution is 5.78. The number of rotatable bonds is 2. The highest BCUT2D eigenvalue weighted by Gasteiger charge is 2.36. The molecule has 0 radical (unpaired) electrons. The van der Waals surface area contributed by atoms with Gasteiger partial charge in [0.25, 0.3) is 0 Å². The summed E-state index contributed by atoms with van der Waals surface area (Å²) in [6, 6.07) is 0.703.